The molecule has 2 fully saturated rings. The highest BCUT2D eigenvalue weighted by Gasteiger charge is 2.38. The molecule has 0 saturated carbocycles. The number of rotatable bonds is 5. The highest BCUT2D eigenvalue weighted by Crippen LogP contribution is 2.31. The third-order valence-electron chi connectivity index (χ3n) is 5.80. The van der Waals surface area contributed by atoms with Gasteiger partial charge in [-0.2, -0.15) is 0 Å². The average Bonchev–Trinajstić information content (AvgIpc) is 3.25. The molecule has 6 nitrogen and oxygen atoms in total. The molecule has 4 rings (SSSR count). The lowest BCUT2D eigenvalue weighted by molar-refractivity contribution is 0.477. The van der Waals surface area contributed by atoms with E-state index in [2.05, 4.69) is 58.4 Å². The van der Waals surface area contributed by atoms with Crippen molar-refractivity contribution in [3.8, 4) is 0 Å². The van der Waals surface area contributed by atoms with Crippen LogP contribution in [0, 0.1) is 0 Å². The van der Waals surface area contributed by atoms with Crippen LogP contribution in [-0.4, -0.2) is 45.7 Å². The molecule has 2 saturated heterocycles. The van der Waals surface area contributed by atoms with Gasteiger partial charge >= 0.3 is 0 Å². The Balaban J connectivity index is 1.71. The third kappa shape index (κ3) is 2.59. The van der Waals surface area contributed by atoms with Crippen LogP contribution in [0.1, 0.15) is 40.0 Å². The lowest BCUT2D eigenvalue weighted by atomic mass is 9.95. The van der Waals surface area contributed by atoms with E-state index in [9.17, 15) is 0 Å². The fourth-order valence-corrected chi connectivity index (χ4v) is 3.74. The van der Waals surface area contributed by atoms with Crippen LogP contribution in [0.3, 0.4) is 0 Å². The molecule has 2 aromatic rings. The first-order valence-corrected chi connectivity index (χ1v) is 9.02. The highest BCUT2D eigenvalue weighted by atomic mass is 15.3. The third-order valence-corrected chi connectivity index (χ3v) is 5.80. The van der Waals surface area contributed by atoms with Crippen LogP contribution >= 0.6 is 0 Å². The fourth-order valence-electron chi connectivity index (χ4n) is 3.74. The molecule has 2 aliphatic heterocycles. The van der Waals surface area contributed by atoms with Gasteiger partial charge in [-0.25, -0.2) is 15.0 Å². The summed E-state index contributed by atoms with van der Waals surface area (Å²) < 4.78 is 0. The molecule has 4 heterocycles. The van der Waals surface area contributed by atoms with Gasteiger partial charge < -0.3 is 15.5 Å². The Labute approximate surface area is 143 Å². The summed E-state index contributed by atoms with van der Waals surface area (Å²) in [6.07, 6.45) is 4.92. The van der Waals surface area contributed by atoms with Gasteiger partial charge in [0.05, 0.1) is 5.52 Å². The van der Waals surface area contributed by atoms with Gasteiger partial charge in [0, 0.05) is 30.7 Å². The van der Waals surface area contributed by atoms with Crippen molar-refractivity contribution < 1.29 is 0 Å². The van der Waals surface area contributed by atoms with Crippen LogP contribution < -0.4 is 15.5 Å². The zero-order valence-corrected chi connectivity index (χ0v) is 14.7. The molecular formula is C18H26N6. The molecule has 2 unspecified atom stereocenters. The molecular weight excluding hydrogens is 300 g/mol. The second kappa shape index (κ2) is 5.84. The SMILES string of the molecule is CCC(C)(CC)Nc1ncnc2ccc(N3CC4CC3CN4)nc12. The predicted molar refractivity (Wildman–Crippen MR) is 97.5 cm³/mol. The Kier molecular flexibility index (Phi) is 3.79. The summed E-state index contributed by atoms with van der Waals surface area (Å²) in [5, 5.41) is 7.15. The smallest absolute Gasteiger partial charge is 0.156 e. The average molecular weight is 326 g/mol. The molecule has 6 heteroatoms. The van der Waals surface area contributed by atoms with Gasteiger partial charge in [0.25, 0.3) is 0 Å². The second-order valence-electron chi connectivity index (χ2n) is 7.30. The number of hydrogen-bond donors (Lipinski definition) is 2. The molecule has 2 N–H and O–H groups in total. The Bertz CT molecular complexity index is 741. The first kappa shape index (κ1) is 15.6. The van der Waals surface area contributed by atoms with Crippen molar-refractivity contribution in [1.82, 2.24) is 20.3 Å². The Morgan fingerprint density at radius 1 is 1.29 bits per heavy atom. The minimum atomic E-state index is 0.0234. The van der Waals surface area contributed by atoms with E-state index in [0.29, 0.717) is 12.1 Å². The minimum Gasteiger partial charge on any atom is -0.363 e. The number of pyridine rings is 1. The van der Waals surface area contributed by atoms with Crippen LogP contribution in [0.4, 0.5) is 11.6 Å². The number of nitrogens with one attached hydrogen (secondary N) is 2. The molecule has 0 aromatic carbocycles. The number of piperazine rings is 1. The molecule has 0 aliphatic carbocycles. The molecule has 2 aliphatic rings. The van der Waals surface area contributed by atoms with Crippen molar-refractivity contribution in [2.45, 2.75) is 57.7 Å². The van der Waals surface area contributed by atoms with Crippen LogP contribution in [0.25, 0.3) is 11.0 Å². The van der Waals surface area contributed by atoms with E-state index in [1.807, 2.05) is 0 Å². The number of anilines is 2. The Morgan fingerprint density at radius 2 is 2.12 bits per heavy atom. The minimum absolute atomic E-state index is 0.0234. The van der Waals surface area contributed by atoms with Crippen LogP contribution in [0.5, 0.6) is 0 Å². The van der Waals surface area contributed by atoms with Crippen LogP contribution in [0.2, 0.25) is 0 Å². The molecule has 2 atom stereocenters. The monoisotopic (exact) mass is 326 g/mol. The standard InChI is InChI=1S/C18H26N6/c1-4-18(3,5-2)23-17-16-14(20-11-21-17)6-7-15(22-16)24-10-12-8-13(24)9-19-12/h6-7,11-13,19H,4-5,8-10H2,1-3H3,(H,20,21,23). The van der Waals surface area contributed by atoms with Crippen molar-refractivity contribution in [3.05, 3.63) is 18.5 Å². The van der Waals surface area contributed by atoms with E-state index in [-0.39, 0.29) is 5.54 Å². The highest BCUT2D eigenvalue weighted by molar-refractivity contribution is 5.86. The maximum atomic E-state index is 4.94. The van der Waals surface area contributed by atoms with Crippen molar-refractivity contribution in [3.63, 3.8) is 0 Å². The maximum Gasteiger partial charge on any atom is 0.156 e. The lowest BCUT2D eigenvalue weighted by Crippen LogP contribution is -2.44. The first-order chi connectivity index (χ1) is 11.6. The summed E-state index contributed by atoms with van der Waals surface area (Å²) in [4.78, 5) is 16.2. The van der Waals surface area contributed by atoms with Crippen LogP contribution in [0.15, 0.2) is 18.5 Å². The maximum absolute atomic E-state index is 4.94. The van der Waals surface area contributed by atoms with Gasteiger partial charge in [-0.3, -0.25) is 0 Å². The molecule has 24 heavy (non-hydrogen) atoms. The fraction of sp³-hybridized carbons (Fsp3) is 0.611. The number of hydrogen-bond acceptors (Lipinski definition) is 6. The van der Waals surface area contributed by atoms with Gasteiger partial charge in [0.15, 0.2) is 5.82 Å². The van der Waals surface area contributed by atoms with Gasteiger partial charge in [0.1, 0.15) is 17.7 Å². The van der Waals surface area contributed by atoms with E-state index < -0.39 is 0 Å². The summed E-state index contributed by atoms with van der Waals surface area (Å²) in [6, 6.07) is 5.34. The predicted octanol–water partition coefficient (Wildman–Crippen LogP) is 2.57. The van der Waals surface area contributed by atoms with Gasteiger partial charge in [0.2, 0.25) is 0 Å². The normalized spacial score (nSPS) is 23.2. The summed E-state index contributed by atoms with van der Waals surface area (Å²) >= 11 is 0. The van der Waals surface area contributed by atoms with E-state index in [1.165, 1.54) is 6.42 Å². The van der Waals surface area contributed by atoms with Crippen molar-refractivity contribution in [1.29, 1.82) is 0 Å². The van der Waals surface area contributed by atoms with E-state index in [0.717, 1.165) is 48.6 Å². The molecule has 128 valence electrons. The summed E-state index contributed by atoms with van der Waals surface area (Å²) in [6.45, 7) is 8.74. The molecule has 0 amide bonds. The number of aromatic nitrogens is 3. The Morgan fingerprint density at radius 3 is 2.79 bits per heavy atom. The molecule has 2 aromatic heterocycles. The summed E-state index contributed by atoms with van der Waals surface area (Å²) in [5.74, 6) is 1.89. The van der Waals surface area contributed by atoms with Gasteiger partial charge in [-0.05, 0) is 38.3 Å². The zero-order chi connectivity index (χ0) is 16.7. The first-order valence-electron chi connectivity index (χ1n) is 9.02. The quantitative estimate of drug-likeness (QED) is 0.880. The number of nitrogens with zero attached hydrogens (tertiary/aromatic N) is 4. The lowest BCUT2D eigenvalue weighted by Gasteiger charge is -2.30. The van der Waals surface area contributed by atoms with Crippen molar-refractivity contribution >= 4 is 22.7 Å². The molecule has 0 spiro atoms. The molecule has 0 radical (unpaired) electrons. The largest absolute Gasteiger partial charge is 0.363 e. The van der Waals surface area contributed by atoms with E-state index >= 15 is 0 Å². The Hall–Kier alpha value is -1.95. The molecule has 2 bridgehead atoms. The van der Waals surface area contributed by atoms with Crippen molar-refractivity contribution in [2.24, 2.45) is 0 Å². The van der Waals surface area contributed by atoms with E-state index in [4.69, 9.17) is 4.98 Å². The summed E-state index contributed by atoms with van der Waals surface area (Å²) in [5.41, 5.74) is 1.79. The van der Waals surface area contributed by atoms with Crippen LogP contribution in [-0.2, 0) is 0 Å². The van der Waals surface area contributed by atoms with Gasteiger partial charge in [-0.15, -0.1) is 0 Å². The van der Waals surface area contributed by atoms with E-state index in [1.54, 1.807) is 6.33 Å². The zero-order valence-electron chi connectivity index (χ0n) is 14.7. The number of fused-ring (bicyclic) bond motifs is 3. The second-order valence-corrected chi connectivity index (χ2v) is 7.30. The van der Waals surface area contributed by atoms with Crippen molar-refractivity contribution in [2.75, 3.05) is 23.3 Å². The topological polar surface area (TPSA) is 66.0 Å². The summed E-state index contributed by atoms with van der Waals surface area (Å²) in [7, 11) is 0. The van der Waals surface area contributed by atoms with Gasteiger partial charge in [-0.1, -0.05) is 13.8 Å².